The summed E-state index contributed by atoms with van der Waals surface area (Å²) in [6.07, 6.45) is 1.82. The minimum Gasteiger partial charge on any atom is -0.330 e. The smallest absolute Gasteiger partial charge is 0.0766 e. The summed E-state index contributed by atoms with van der Waals surface area (Å²) in [5, 5.41) is 4.55. The number of aromatic nitrogens is 2. The molecule has 0 radical (unpaired) electrons. The van der Waals surface area contributed by atoms with Crippen LogP contribution in [-0.2, 0) is 19.9 Å². The Morgan fingerprint density at radius 2 is 1.90 bits per heavy atom. The maximum Gasteiger partial charge on any atom is 0.0766 e. The summed E-state index contributed by atoms with van der Waals surface area (Å²) in [5.41, 5.74) is 9.55. The first-order chi connectivity index (χ1) is 9.56. The van der Waals surface area contributed by atoms with E-state index in [1.165, 1.54) is 11.3 Å². The van der Waals surface area contributed by atoms with Crippen LogP contribution in [0.25, 0.3) is 0 Å². The highest BCUT2D eigenvalue weighted by atomic mass is 79.9. The summed E-state index contributed by atoms with van der Waals surface area (Å²) in [5.74, 6) is 0.305. The Balaban J connectivity index is 2.26. The Labute approximate surface area is 136 Å². The van der Waals surface area contributed by atoms with Gasteiger partial charge in [0.15, 0.2) is 0 Å². The summed E-state index contributed by atoms with van der Waals surface area (Å²) in [4.78, 5) is 0. The molecule has 0 aliphatic heterocycles. The summed E-state index contributed by atoms with van der Waals surface area (Å²) in [6, 6.07) is 8.39. The van der Waals surface area contributed by atoms with E-state index in [9.17, 15) is 0 Å². The van der Waals surface area contributed by atoms with Gasteiger partial charge in [0, 0.05) is 17.4 Å². The molecule has 1 unspecified atom stereocenters. The Kier molecular flexibility index (Phi) is 5.41. The monoisotopic (exact) mass is 399 g/mol. The van der Waals surface area contributed by atoms with E-state index in [4.69, 9.17) is 5.73 Å². The quantitative estimate of drug-likeness (QED) is 0.829. The van der Waals surface area contributed by atoms with Crippen molar-refractivity contribution in [3.05, 3.63) is 50.2 Å². The van der Waals surface area contributed by atoms with Gasteiger partial charge in [0.1, 0.15) is 0 Å². The van der Waals surface area contributed by atoms with E-state index in [2.05, 4.69) is 68.1 Å². The minimum absolute atomic E-state index is 0.305. The lowest BCUT2D eigenvalue weighted by molar-refractivity contribution is 0.626. The van der Waals surface area contributed by atoms with Gasteiger partial charge in [0.25, 0.3) is 0 Å². The van der Waals surface area contributed by atoms with Gasteiger partial charge in [0.2, 0.25) is 0 Å². The highest BCUT2D eigenvalue weighted by Gasteiger charge is 2.18. The fourth-order valence-corrected chi connectivity index (χ4v) is 3.39. The third kappa shape index (κ3) is 3.32. The van der Waals surface area contributed by atoms with E-state index in [-0.39, 0.29) is 0 Å². The van der Waals surface area contributed by atoms with Crippen molar-refractivity contribution < 1.29 is 0 Å². The van der Waals surface area contributed by atoms with Crippen molar-refractivity contribution in [1.82, 2.24) is 9.78 Å². The molecular formula is C15H19Br2N3. The number of nitrogens with two attached hydrogens (primary N) is 1. The predicted molar refractivity (Wildman–Crippen MR) is 89.9 cm³/mol. The largest absolute Gasteiger partial charge is 0.330 e. The lowest BCUT2D eigenvalue weighted by Gasteiger charge is -2.16. The Morgan fingerprint density at radius 1 is 1.25 bits per heavy atom. The average Bonchev–Trinajstić information content (AvgIpc) is 2.72. The first-order valence-corrected chi connectivity index (χ1v) is 8.31. The van der Waals surface area contributed by atoms with Crippen molar-refractivity contribution in [2.45, 2.75) is 25.7 Å². The van der Waals surface area contributed by atoms with Crippen LogP contribution < -0.4 is 5.73 Å². The van der Waals surface area contributed by atoms with Crippen LogP contribution in [0.1, 0.15) is 29.8 Å². The Bertz CT molecular complexity index is 576. The van der Waals surface area contributed by atoms with Gasteiger partial charge in [-0.05, 0) is 53.0 Å². The number of hydrogen-bond donors (Lipinski definition) is 1. The maximum absolute atomic E-state index is 5.97. The van der Waals surface area contributed by atoms with Crippen molar-refractivity contribution in [3.63, 3.8) is 0 Å². The highest BCUT2D eigenvalue weighted by Crippen LogP contribution is 2.28. The Morgan fingerprint density at radius 3 is 2.40 bits per heavy atom. The second-order valence-corrected chi connectivity index (χ2v) is 6.58. The molecule has 2 aromatic rings. The average molecular weight is 401 g/mol. The molecule has 0 saturated heterocycles. The van der Waals surface area contributed by atoms with Crippen molar-refractivity contribution in [3.8, 4) is 0 Å². The summed E-state index contributed by atoms with van der Waals surface area (Å²) in [6.45, 7) is 2.74. The standard InChI is InChI=1S/C15H19Br2N3/c1-3-13-15(17)14(20(2)19-13)8-11(9-18)10-4-6-12(16)7-5-10/h4-7,11H,3,8-9,18H2,1-2H3. The van der Waals surface area contributed by atoms with E-state index < -0.39 is 0 Å². The maximum atomic E-state index is 5.97. The van der Waals surface area contributed by atoms with Gasteiger partial charge in [-0.2, -0.15) is 5.10 Å². The molecule has 20 heavy (non-hydrogen) atoms. The van der Waals surface area contributed by atoms with Crippen molar-refractivity contribution in [2.75, 3.05) is 6.54 Å². The fourth-order valence-electron chi connectivity index (χ4n) is 2.35. The molecule has 0 amide bonds. The van der Waals surface area contributed by atoms with E-state index in [0.717, 1.165) is 27.5 Å². The van der Waals surface area contributed by atoms with E-state index in [1.54, 1.807) is 0 Å². The minimum atomic E-state index is 0.305. The van der Waals surface area contributed by atoms with Crippen LogP contribution in [0.5, 0.6) is 0 Å². The molecule has 0 aliphatic carbocycles. The lowest BCUT2D eigenvalue weighted by atomic mass is 9.94. The van der Waals surface area contributed by atoms with Gasteiger partial charge in [0.05, 0.1) is 15.9 Å². The van der Waals surface area contributed by atoms with E-state index >= 15 is 0 Å². The highest BCUT2D eigenvalue weighted by molar-refractivity contribution is 9.10. The normalized spacial score (nSPS) is 12.7. The molecule has 0 bridgehead atoms. The molecule has 0 fully saturated rings. The van der Waals surface area contributed by atoms with Gasteiger partial charge >= 0.3 is 0 Å². The summed E-state index contributed by atoms with van der Waals surface area (Å²) >= 11 is 7.14. The zero-order valence-electron chi connectivity index (χ0n) is 11.7. The SMILES string of the molecule is CCc1nn(C)c(CC(CN)c2ccc(Br)cc2)c1Br. The number of benzene rings is 1. The fraction of sp³-hybridized carbons (Fsp3) is 0.400. The van der Waals surface area contributed by atoms with Crippen LogP contribution in [-0.4, -0.2) is 16.3 Å². The van der Waals surface area contributed by atoms with Crippen LogP contribution in [0.4, 0.5) is 0 Å². The zero-order chi connectivity index (χ0) is 14.7. The van der Waals surface area contributed by atoms with Crippen LogP contribution in [0.15, 0.2) is 33.2 Å². The number of halogens is 2. The molecule has 2 rings (SSSR count). The van der Waals surface area contributed by atoms with Gasteiger partial charge in [-0.25, -0.2) is 0 Å². The van der Waals surface area contributed by atoms with Gasteiger partial charge in [-0.15, -0.1) is 0 Å². The molecule has 1 aromatic heterocycles. The van der Waals surface area contributed by atoms with Gasteiger partial charge in [-0.1, -0.05) is 35.0 Å². The molecule has 2 N–H and O–H groups in total. The van der Waals surface area contributed by atoms with E-state index in [1.807, 2.05) is 11.7 Å². The topological polar surface area (TPSA) is 43.8 Å². The van der Waals surface area contributed by atoms with Crippen molar-refractivity contribution in [2.24, 2.45) is 12.8 Å². The molecule has 108 valence electrons. The summed E-state index contributed by atoms with van der Waals surface area (Å²) < 4.78 is 4.18. The molecular weight excluding hydrogens is 382 g/mol. The molecule has 1 heterocycles. The van der Waals surface area contributed by atoms with Crippen molar-refractivity contribution in [1.29, 1.82) is 0 Å². The molecule has 5 heteroatoms. The predicted octanol–water partition coefficient (Wildman–Crippen LogP) is 3.79. The Hall–Kier alpha value is -0.650. The molecule has 0 spiro atoms. The zero-order valence-corrected chi connectivity index (χ0v) is 14.9. The summed E-state index contributed by atoms with van der Waals surface area (Å²) in [7, 11) is 1.99. The molecule has 1 atom stereocenters. The third-order valence-electron chi connectivity index (χ3n) is 3.57. The molecule has 1 aromatic carbocycles. The van der Waals surface area contributed by atoms with Crippen LogP contribution in [0.2, 0.25) is 0 Å². The number of hydrogen-bond acceptors (Lipinski definition) is 2. The first-order valence-electron chi connectivity index (χ1n) is 6.72. The second kappa shape index (κ2) is 6.87. The van der Waals surface area contributed by atoms with E-state index in [0.29, 0.717) is 12.5 Å². The van der Waals surface area contributed by atoms with Crippen LogP contribution in [0, 0.1) is 0 Å². The molecule has 0 aliphatic rings. The third-order valence-corrected chi connectivity index (χ3v) is 5.01. The van der Waals surface area contributed by atoms with Gasteiger partial charge < -0.3 is 5.73 Å². The van der Waals surface area contributed by atoms with Crippen LogP contribution in [0.3, 0.4) is 0 Å². The number of rotatable bonds is 5. The number of nitrogens with zero attached hydrogens (tertiary/aromatic N) is 2. The second-order valence-electron chi connectivity index (χ2n) is 4.87. The first kappa shape index (κ1) is 15.7. The number of aryl methyl sites for hydroxylation is 2. The van der Waals surface area contributed by atoms with Crippen molar-refractivity contribution >= 4 is 31.9 Å². The molecule has 0 saturated carbocycles. The lowest BCUT2D eigenvalue weighted by Crippen LogP contribution is -2.16. The van der Waals surface area contributed by atoms with Crippen LogP contribution >= 0.6 is 31.9 Å². The van der Waals surface area contributed by atoms with Gasteiger partial charge in [-0.3, -0.25) is 4.68 Å². The molecule has 3 nitrogen and oxygen atoms in total.